The Bertz CT molecular complexity index is 629. The van der Waals surface area contributed by atoms with Crippen LogP contribution in [-0.2, 0) is 0 Å². The van der Waals surface area contributed by atoms with Crippen LogP contribution in [0.3, 0.4) is 0 Å². The molecule has 21 heavy (non-hydrogen) atoms. The van der Waals surface area contributed by atoms with Gasteiger partial charge in [0, 0.05) is 18.0 Å². The summed E-state index contributed by atoms with van der Waals surface area (Å²) in [6.07, 6.45) is 1.44. The molecule has 0 aliphatic carbocycles. The van der Waals surface area contributed by atoms with Crippen molar-refractivity contribution in [3.63, 3.8) is 0 Å². The minimum Gasteiger partial charge on any atom is -0.493 e. The Morgan fingerprint density at radius 2 is 1.90 bits per heavy atom. The standard InChI is InChI=1S/C14H16N4O3/c1-20-11-5-4-10(7-12(11)21-2)17-14(19)9-3-6-13(18-15)16-8-9/h3-8H,15H2,1-2H3,(H,16,18)(H,17,19). The fraction of sp³-hybridized carbons (Fsp3) is 0.143. The van der Waals surface area contributed by atoms with E-state index in [1.54, 1.807) is 37.4 Å². The first-order valence-electron chi connectivity index (χ1n) is 6.14. The fourth-order valence-electron chi connectivity index (χ4n) is 1.73. The third-order valence-corrected chi connectivity index (χ3v) is 2.81. The van der Waals surface area contributed by atoms with Crippen molar-refractivity contribution in [3.05, 3.63) is 42.1 Å². The first-order chi connectivity index (χ1) is 10.2. The van der Waals surface area contributed by atoms with Gasteiger partial charge in [0.05, 0.1) is 19.8 Å². The second-order valence-electron chi connectivity index (χ2n) is 4.10. The van der Waals surface area contributed by atoms with Crippen molar-refractivity contribution < 1.29 is 14.3 Å². The van der Waals surface area contributed by atoms with E-state index in [-0.39, 0.29) is 5.91 Å². The number of nitrogen functional groups attached to an aromatic ring is 1. The van der Waals surface area contributed by atoms with Crippen LogP contribution in [0.5, 0.6) is 11.5 Å². The van der Waals surface area contributed by atoms with Crippen LogP contribution in [0.4, 0.5) is 11.5 Å². The molecule has 1 aromatic heterocycles. The highest BCUT2D eigenvalue weighted by Gasteiger charge is 2.09. The van der Waals surface area contributed by atoms with E-state index in [2.05, 4.69) is 15.7 Å². The van der Waals surface area contributed by atoms with Crippen molar-refractivity contribution in [3.8, 4) is 11.5 Å². The molecule has 0 radical (unpaired) electrons. The lowest BCUT2D eigenvalue weighted by atomic mass is 10.2. The smallest absolute Gasteiger partial charge is 0.257 e. The van der Waals surface area contributed by atoms with Crippen LogP contribution in [0.25, 0.3) is 0 Å². The van der Waals surface area contributed by atoms with Crippen molar-refractivity contribution in [2.75, 3.05) is 25.0 Å². The molecule has 4 N–H and O–H groups in total. The van der Waals surface area contributed by atoms with Gasteiger partial charge in [-0.25, -0.2) is 10.8 Å². The number of anilines is 2. The maximum Gasteiger partial charge on any atom is 0.257 e. The first kappa shape index (κ1) is 14.6. The average molecular weight is 288 g/mol. The number of rotatable bonds is 5. The summed E-state index contributed by atoms with van der Waals surface area (Å²) in [7, 11) is 3.08. The van der Waals surface area contributed by atoms with Gasteiger partial charge in [0.25, 0.3) is 5.91 Å². The number of aromatic nitrogens is 1. The van der Waals surface area contributed by atoms with Crippen molar-refractivity contribution in [2.24, 2.45) is 5.84 Å². The lowest BCUT2D eigenvalue weighted by molar-refractivity contribution is 0.102. The van der Waals surface area contributed by atoms with Gasteiger partial charge in [0.2, 0.25) is 0 Å². The van der Waals surface area contributed by atoms with Crippen LogP contribution in [0.2, 0.25) is 0 Å². The molecular formula is C14H16N4O3. The quantitative estimate of drug-likeness (QED) is 0.571. The van der Waals surface area contributed by atoms with E-state index in [4.69, 9.17) is 15.3 Å². The molecule has 0 saturated heterocycles. The number of amides is 1. The Morgan fingerprint density at radius 3 is 2.48 bits per heavy atom. The van der Waals surface area contributed by atoms with Gasteiger partial charge in [-0.3, -0.25) is 4.79 Å². The van der Waals surface area contributed by atoms with Crippen LogP contribution in [-0.4, -0.2) is 25.1 Å². The molecule has 7 nitrogen and oxygen atoms in total. The topological polar surface area (TPSA) is 98.5 Å². The largest absolute Gasteiger partial charge is 0.493 e. The number of benzene rings is 1. The van der Waals surface area contributed by atoms with Gasteiger partial charge in [-0.2, -0.15) is 0 Å². The van der Waals surface area contributed by atoms with Crippen molar-refractivity contribution in [1.29, 1.82) is 0 Å². The molecule has 1 heterocycles. The van der Waals surface area contributed by atoms with Gasteiger partial charge in [-0.15, -0.1) is 0 Å². The van der Waals surface area contributed by atoms with E-state index in [1.165, 1.54) is 13.3 Å². The van der Waals surface area contributed by atoms with Crippen LogP contribution in [0.15, 0.2) is 36.5 Å². The van der Waals surface area contributed by atoms with Crippen LogP contribution in [0, 0.1) is 0 Å². The van der Waals surface area contributed by atoms with Crippen molar-refractivity contribution in [1.82, 2.24) is 4.98 Å². The molecule has 0 fully saturated rings. The summed E-state index contributed by atoms with van der Waals surface area (Å²) in [6, 6.07) is 8.36. The Hall–Kier alpha value is -2.80. The average Bonchev–Trinajstić information content (AvgIpc) is 2.54. The molecule has 2 rings (SSSR count). The zero-order chi connectivity index (χ0) is 15.2. The number of hydrogen-bond acceptors (Lipinski definition) is 6. The van der Waals surface area contributed by atoms with Gasteiger partial charge < -0.3 is 20.2 Å². The predicted molar refractivity (Wildman–Crippen MR) is 79.5 cm³/mol. The maximum absolute atomic E-state index is 12.1. The molecule has 0 bridgehead atoms. The van der Waals surface area contributed by atoms with Gasteiger partial charge in [0.15, 0.2) is 11.5 Å². The molecular weight excluding hydrogens is 272 g/mol. The Labute approximate surface area is 122 Å². The monoisotopic (exact) mass is 288 g/mol. The summed E-state index contributed by atoms with van der Waals surface area (Å²) >= 11 is 0. The highest BCUT2D eigenvalue weighted by molar-refractivity contribution is 6.04. The molecule has 2 aromatic rings. The van der Waals surface area contributed by atoms with Gasteiger partial charge >= 0.3 is 0 Å². The van der Waals surface area contributed by atoms with Crippen LogP contribution in [0.1, 0.15) is 10.4 Å². The predicted octanol–water partition coefficient (Wildman–Crippen LogP) is 1.64. The highest BCUT2D eigenvalue weighted by Crippen LogP contribution is 2.29. The minimum absolute atomic E-state index is 0.279. The molecule has 0 saturated carbocycles. The first-order valence-corrected chi connectivity index (χ1v) is 6.14. The summed E-state index contributed by atoms with van der Waals surface area (Å²) in [5, 5.41) is 2.76. The number of methoxy groups -OCH3 is 2. The Morgan fingerprint density at radius 1 is 1.14 bits per heavy atom. The van der Waals surface area contributed by atoms with Crippen LogP contribution < -0.4 is 26.1 Å². The fourth-order valence-corrected chi connectivity index (χ4v) is 1.73. The molecule has 0 atom stereocenters. The van der Waals surface area contributed by atoms with E-state index >= 15 is 0 Å². The third kappa shape index (κ3) is 3.40. The number of pyridine rings is 1. The zero-order valence-corrected chi connectivity index (χ0v) is 11.7. The number of nitrogens with one attached hydrogen (secondary N) is 2. The molecule has 7 heteroatoms. The number of nitrogens with zero attached hydrogens (tertiary/aromatic N) is 1. The lowest BCUT2D eigenvalue weighted by Crippen LogP contribution is -2.13. The zero-order valence-electron chi connectivity index (χ0n) is 11.7. The van der Waals surface area contributed by atoms with Gasteiger partial charge in [0.1, 0.15) is 5.82 Å². The molecule has 0 aliphatic rings. The normalized spacial score (nSPS) is 9.86. The Kier molecular flexibility index (Phi) is 4.57. The van der Waals surface area contributed by atoms with E-state index in [0.717, 1.165) is 0 Å². The molecule has 0 aliphatic heterocycles. The van der Waals surface area contributed by atoms with E-state index in [1.807, 2.05) is 0 Å². The molecule has 0 unspecified atom stereocenters. The molecule has 1 amide bonds. The van der Waals surface area contributed by atoms with Crippen molar-refractivity contribution in [2.45, 2.75) is 0 Å². The number of hydrazine groups is 1. The minimum atomic E-state index is -0.279. The summed E-state index contributed by atoms with van der Waals surface area (Å²) in [5.41, 5.74) is 3.41. The van der Waals surface area contributed by atoms with Crippen molar-refractivity contribution >= 4 is 17.4 Å². The molecule has 110 valence electrons. The lowest BCUT2D eigenvalue weighted by Gasteiger charge is -2.10. The molecule has 0 spiro atoms. The number of nitrogens with two attached hydrogens (primary N) is 1. The van der Waals surface area contributed by atoms with E-state index < -0.39 is 0 Å². The summed E-state index contributed by atoms with van der Waals surface area (Å²) in [4.78, 5) is 16.1. The third-order valence-electron chi connectivity index (χ3n) is 2.81. The van der Waals surface area contributed by atoms with Gasteiger partial charge in [-0.05, 0) is 24.3 Å². The summed E-state index contributed by atoms with van der Waals surface area (Å²) in [6.45, 7) is 0. The number of carbonyl (C=O) groups is 1. The SMILES string of the molecule is COc1ccc(NC(=O)c2ccc(NN)nc2)cc1OC. The molecule has 1 aromatic carbocycles. The summed E-state index contributed by atoms with van der Waals surface area (Å²) in [5.74, 6) is 6.56. The number of ether oxygens (including phenoxy) is 2. The second kappa shape index (κ2) is 6.58. The van der Waals surface area contributed by atoms with E-state index in [9.17, 15) is 4.79 Å². The second-order valence-corrected chi connectivity index (χ2v) is 4.10. The number of carbonyl (C=O) groups excluding carboxylic acids is 1. The van der Waals surface area contributed by atoms with Gasteiger partial charge in [-0.1, -0.05) is 0 Å². The maximum atomic E-state index is 12.1. The van der Waals surface area contributed by atoms with E-state index in [0.29, 0.717) is 28.6 Å². The summed E-state index contributed by atoms with van der Waals surface area (Å²) < 4.78 is 10.3. The highest BCUT2D eigenvalue weighted by atomic mass is 16.5. The Balaban J connectivity index is 2.14. The van der Waals surface area contributed by atoms with Crippen LogP contribution >= 0.6 is 0 Å². The number of hydrogen-bond donors (Lipinski definition) is 3.